The van der Waals surface area contributed by atoms with Crippen molar-refractivity contribution >= 4 is 24.0 Å². The molecule has 1 fully saturated rings. The van der Waals surface area contributed by atoms with Gasteiger partial charge < -0.3 is 19.2 Å². The highest BCUT2D eigenvalue weighted by Crippen LogP contribution is 2.41. The van der Waals surface area contributed by atoms with Crippen LogP contribution in [0.3, 0.4) is 0 Å². The molecular weight excluding hydrogens is 444 g/mol. The summed E-state index contributed by atoms with van der Waals surface area (Å²) in [6.07, 6.45) is 8.06. The Hall–Kier alpha value is -3.45. The molecule has 1 N–H and O–H groups in total. The minimum absolute atomic E-state index is 0.0554. The monoisotopic (exact) mass is 472 g/mol. The zero-order valence-electron chi connectivity index (χ0n) is 19.5. The maximum Gasteiger partial charge on any atom is 0.274 e. The summed E-state index contributed by atoms with van der Waals surface area (Å²) in [4.78, 5) is 18.7. The first kappa shape index (κ1) is 22.3. The number of ether oxygens (including phenoxy) is 1. The maximum atomic E-state index is 13.5. The van der Waals surface area contributed by atoms with Gasteiger partial charge in [0.15, 0.2) is 0 Å². The maximum absolute atomic E-state index is 13.5. The fourth-order valence-electron chi connectivity index (χ4n) is 4.23. The number of benzene rings is 2. The number of pyridine rings is 1. The van der Waals surface area contributed by atoms with Crippen LogP contribution >= 0.6 is 12.6 Å². The average Bonchev–Trinajstić information content (AvgIpc) is 3.60. The summed E-state index contributed by atoms with van der Waals surface area (Å²) < 4.78 is 9.40. The van der Waals surface area contributed by atoms with Gasteiger partial charge in [-0.25, -0.2) is 4.98 Å². The summed E-state index contributed by atoms with van der Waals surface area (Å²) >= 11 is 4.39. The first-order valence-corrected chi connectivity index (χ1v) is 11.9. The molecule has 0 spiro atoms. The van der Waals surface area contributed by atoms with Crippen molar-refractivity contribution in [2.45, 2.75) is 43.5 Å². The average molecular weight is 473 g/mol. The molecule has 174 valence electrons. The Labute approximate surface area is 204 Å². The number of methoxy groups -OCH3 is 1. The number of nitrogens with one attached hydrogen (secondary N) is 1. The molecule has 1 aliphatic rings. The van der Waals surface area contributed by atoms with Crippen molar-refractivity contribution < 1.29 is 4.74 Å². The minimum Gasteiger partial charge on any atom is -0.494 e. The zero-order chi connectivity index (χ0) is 23.8. The van der Waals surface area contributed by atoms with Gasteiger partial charge in [0.1, 0.15) is 11.4 Å². The van der Waals surface area contributed by atoms with Crippen LogP contribution in [0.15, 0.2) is 76.9 Å². The van der Waals surface area contributed by atoms with E-state index in [4.69, 9.17) is 4.74 Å². The third kappa shape index (κ3) is 4.48. The molecule has 2 heterocycles. The summed E-state index contributed by atoms with van der Waals surface area (Å²) in [5.74, 6) is 1.21. The number of imidazole rings is 1. The molecule has 0 radical (unpaired) electrons. The number of hydrogen-bond donors (Lipinski definition) is 2. The topological polar surface area (TPSA) is 61.1 Å². The predicted octanol–water partition coefficient (Wildman–Crippen LogP) is 5.87. The molecule has 0 amide bonds. The highest BCUT2D eigenvalue weighted by molar-refractivity contribution is 7.80. The number of aryl methyl sites for hydroxylation is 1. The second-order valence-electron chi connectivity index (χ2n) is 8.88. The molecule has 2 aromatic heterocycles. The Morgan fingerprint density at radius 3 is 2.53 bits per heavy atom. The fourth-order valence-corrected chi connectivity index (χ4v) is 4.38. The molecule has 5 rings (SSSR count). The molecule has 7 heteroatoms. The molecule has 34 heavy (non-hydrogen) atoms. The smallest absolute Gasteiger partial charge is 0.274 e. The normalized spacial score (nSPS) is 14.1. The van der Waals surface area contributed by atoms with Crippen LogP contribution in [0.2, 0.25) is 0 Å². The molecule has 0 saturated heterocycles. The van der Waals surface area contributed by atoms with E-state index in [0.29, 0.717) is 17.4 Å². The lowest BCUT2D eigenvalue weighted by Crippen LogP contribution is -2.26. The molecular formula is C27H28N4O2S. The van der Waals surface area contributed by atoms with Crippen molar-refractivity contribution in [1.82, 2.24) is 14.1 Å². The van der Waals surface area contributed by atoms with E-state index in [2.05, 4.69) is 29.9 Å². The molecule has 2 aromatic carbocycles. The largest absolute Gasteiger partial charge is 0.494 e. The Morgan fingerprint density at radius 1 is 1.12 bits per heavy atom. The summed E-state index contributed by atoms with van der Waals surface area (Å²) in [5.41, 5.74) is 5.38. The number of hydrogen-bond acceptors (Lipinski definition) is 5. The van der Waals surface area contributed by atoms with E-state index in [0.717, 1.165) is 40.4 Å². The zero-order valence-corrected chi connectivity index (χ0v) is 20.4. The summed E-state index contributed by atoms with van der Waals surface area (Å²) in [6.45, 7) is 4.00. The number of aromatic nitrogens is 3. The van der Waals surface area contributed by atoms with E-state index in [1.54, 1.807) is 13.4 Å². The number of thiol groups is 1. The first-order chi connectivity index (χ1) is 16.4. The summed E-state index contributed by atoms with van der Waals surface area (Å²) in [5, 5.41) is 3.36. The van der Waals surface area contributed by atoms with Crippen molar-refractivity contribution in [3.05, 3.63) is 94.4 Å². The number of rotatable bonds is 7. The molecule has 0 bridgehead atoms. The van der Waals surface area contributed by atoms with Crippen molar-refractivity contribution in [1.29, 1.82) is 0 Å². The van der Waals surface area contributed by atoms with Gasteiger partial charge >= 0.3 is 0 Å². The predicted molar refractivity (Wildman–Crippen MR) is 138 cm³/mol. The van der Waals surface area contributed by atoms with Crippen LogP contribution in [0, 0.1) is 6.92 Å². The quantitative estimate of drug-likeness (QED) is 0.330. The second kappa shape index (κ2) is 9.06. The number of anilines is 2. The van der Waals surface area contributed by atoms with E-state index in [9.17, 15) is 4.79 Å². The lowest BCUT2D eigenvalue weighted by atomic mass is 10.1. The van der Waals surface area contributed by atoms with E-state index >= 15 is 0 Å². The van der Waals surface area contributed by atoms with Gasteiger partial charge in [-0.15, -0.1) is 12.6 Å². The van der Waals surface area contributed by atoms with E-state index in [-0.39, 0.29) is 11.6 Å². The van der Waals surface area contributed by atoms with Gasteiger partial charge in [0, 0.05) is 29.0 Å². The third-order valence-electron chi connectivity index (χ3n) is 6.35. The van der Waals surface area contributed by atoms with E-state index < -0.39 is 0 Å². The number of nitrogens with zero attached hydrogens (tertiary/aromatic N) is 3. The molecule has 0 unspecified atom stereocenters. The van der Waals surface area contributed by atoms with Crippen molar-refractivity contribution in [3.8, 4) is 11.4 Å². The van der Waals surface area contributed by atoms with Crippen LogP contribution in [-0.2, 0) is 0 Å². The van der Waals surface area contributed by atoms with Gasteiger partial charge in [0.25, 0.3) is 5.56 Å². The van der Waals surface area contributed by atoms with Gasteiger partial charge in [-0.3, -0.25) is 4.79 Å². The van der Waals surface area contributed by atoms with E-state index in [1.807, 2.05) is 77.0 Å². The molecule has 6 nitrogen and oxygen atoms in total. The van der Waals surface area contributed by atoms with Crippen LogP contribution in [0.1, 0.15) is 48.5 Å². The molecule has 1 aliphatic carbocycles. The van der Waals surface area contributed by atoms with E-state index in [1.165, 1.54) is 5.56 Å². The first-order valence-electron chi connectivity index (χ1n) is 11.4. The highest BCUT2D eigenvalue weighted by atomic mass is 32.1. The lowest BCUT2D eigenvalue weighted by molar-refractivity contribution is 0.413. The van der Waals surface area contributed by atoms with Gasteiger partial charge in [0.05, 0.1) is 30.9 Å². The van der Waals surface area contributed by atoms with Crippen molar-refractivity contribution in [2.24, 2.45) is 0 Å². The van der Waals surface area contributed by atoms with Gasteiger partial charge in [-0.05, 0) is 74.1 Å². The SMILES string of the molecule is COc1cc(Nc2cc(C3CC3)cn([C@@H](C)c3ccc(S)cc3)c2=O)ccc1-n1cnc(C)c1. The summed E-state index contributed by atoms with van der Waals surface area (Å²) in [6, 6.07) is 15.7. The second-order valence-corrected chi connectivity index (χ2v) is 9.39. The standard InChI is InChI=1S/C27H28N4O2S/c1-17-14-30(16-28-17)25-11-8-22(13-26(25)33-3)29-24-12-21(20-4-5-20)15-31(27(24)32)18(2)19-6-9-23(34)10-7-19/h6-16,18,20,29,34H,4-5H2,1-3H3/t18-/m0/s1. The van der Waals surface area contributed by atoms with Crippen LogP contribution < -0.4 is 15.6 Å². The molecule has 0 aliphatic heterocycles. The van der Waals surface area contributed by atoms with Gasteiger partial charge in [-0.1, -0.05) is 12.1 Å². The molecule has 1 atom stereocenters. The fraction of sp³-hybridized carbons (Fsp3) is 0.259. The van der Waals surface area contributed by atoms with Gasteiger partial charge in [-0.2, -0.15) is 0 Å². The van der Waals surface area contributed by atoms with Crippen LogP contribution in [0.5, 0.6) is 5.75 Å². The van der Waals surface area contributed by atoms with Crippen LogP contribution in [0.4, 0.5) is 11.4 Å². The molecule has 1 saturated carbocycles. The van der Waals surface area contributed by atoms with Crippen molar-refractivity contribution in [2.75, 3.05) is 12.4 Å². The Morgan fingerprint density at radius 2 is 1.88 bits per heavy atom. The Bertz CT molecular complexity index is 1390. The van der Waals surface area contributed by atoms with Gasteiger partial charge in [0.2, 0.25) is 0 Å². The molecule has 4 aromatic rings. The Balaban J connectivity index is 1.51. The third-order valence-corrected chi connectivity index (χ3v) is 6.65. The Kier molecular flexibility index (Phi) is 5.96. The minimum atomic E-state index is -0.0953. The van der Waals surface area contributed by atoms with Crippen LogP contribution in [-0.4, -0.2) is 21.2 Å². The highest BCUT2D eigenvalue weighted by Gasteiger charge is 2.26. The van der Waals surface area contributed by atoms with Crippen LogP contribution in [0.25, 0.3) is 5.69 Å². The van der Waals surface area contributed by atoms with Crippen molar-refractivity contribution in [3.63, 3.8) is 0 Å². The lowest BCUT2D eigenvalue weighted by Gasteiger charge is -2.20. The summed E-state index contributed by atoms with van der Waals surface area (Å²) in [7, 11) is 1.64.